The predicted octanol–water partition coefficient (Wildman–Crippen LogP) is 4.46. The van der Waals surface area contributed by atoms with Crippen LogP contribution in [-0.4, -0.2) is 72.9 Å². The first kappa shape index (κ1) is 39.5. The molecule has 11 nitrogen and oxygen atoms in total. The zero-order valence-corrected chi connectivity index (χ0v) is 29.0. The number of aromatic hydroxyl groups is 1. The van der Waals surface area contributed by atoms with Crippen molar-refractivity contribution in [1.82, 2.24) is 5.32 Å². The number of Topliss-reactive ketones (excluding diaryl/α,β-unsaturated/α-hetero) is 4. The highest BCUT2D eigenvalue weighted by Crippen LogP contribution is 2.37. The third-order valence-corrected chi connectivity index (χ3v) is 8.81. The number of hydrogen-bond donors (Lipinski definition) is 6. The van der Waals surface area contributed by atoms with E-state index in [9.17, 15) is 49.5 Å². The molecule has 4 rings (SSSR count). The molecule has 6 N–H and O–H groups in total. The molecule has 0 aromatic heterocycles. The first-order valence-corrected chi connectivity index (χ1v) is 16.3. The summed E-state index contributed by atoms with van der Waals surface area (Å²) in [4.78, 5) is 65.5. The number of rotatable bonds is 0. The summed E-state index contributed by atoms with van der Waals surface area (Å²) in [7, 11) is 0. The molecule has 0 fully saturated rings. The van der Waals surface area contributed by atoms with Crippen LogP contribution in [0.1, 0.15) is 79.3 Å². The van der Waals surface area contributed by atoms with Crippen molar-refractivity contribution in [1.29, 1.82) is 0 Å². The quantitative estimate of drug-likeness (QED) is 0.167. The summed E-state index contributed by atoms with van der Waals surface area (Å²) in [6, 6.07) is 1.23. The van der Waals surface area contributed by atoms with Crippen LogP contribution in [0.2, 0.25) is 0 Å². The molecule has 0 saturated heterocycles. The monoisotopic (exact) mass is 687 g/mol. The van der Waals surface area contributed by atoms with E-state index in [1.54, 1.807) is 58.1 Å². The molecule has 266 valence electrons. The Hall–Kier alpha value is -4.97. The predicted molar refractivity (Wildman–Crippen MR) is 188 cm³/mol. The number of ketones is 4. The van der Waals surface area contributed by atoms with Gasteiger partial charge in [-0.2, -0.15) is 0 Å². The first-order valence-electron chi connectivity index (χ1n) is 16.3. The highest BCUT2D eigenvalue weighted by atomic mass is 16.3. The van der Waals surface area contributed by atoms with Crippen molar-refractivity contribution in [2.24, 2.45) is 17.8 Å². The Balaban J connectivity index is 2.07. The van der Waals surface area contributed by atoms with Gasteiger partial charge in [-0.25, -0.2) is 0 Å². The number of aliphatic hydroxyl groups is 4. The van der Waals surface area contributed by atoms with E-state index in [0.29, 0.717) is 5.57 Å². The largest absolute Gasteiger partial charge is 0.507 e. The number of nitrogens with one attached hydrogen (secondary N) is 1. The minimum atomic E-state index is -1.29. The lowest BCUT2D eigenvalue weighted by molar-refractivity contribution is -0.118. The molecule has 0 spiro atoms. The first-order chi connectivity index (χ1) is 23.5. The Morgan fingerprint density at radius 1 is 0.720 bits per heavy atom. The zero-order valence-electron chi connectivity index (χ0n) is 29.0. The number of aliphatic hydroxyl groups excluding tert-OH is 4. The van der Waals surface area contributed by atoms with Gasteiger partial charge in [-0.1, -0.05) is 75.5 Å². The number of carbonyl (C=O) groups is 5. The smallest absolute Gasteiger partial charge is 0.253 e. The van der Waals surface area contributed by atoms with E-state index in [4.69, 9.17) is 0 Å². The fraction of sp³-hybridized carbons (Fsp3) is 0.359. The Morgan fingerprint density at radius 3 is 2.06 bits per heavy atom. The van der Waals surface area contributed by atoms with Crippen molar-refractivity contribution >= 4 is 34.8 Å². The molecule has 0 unspecified atom stereocenters. The number of fused-ring (bicyclic) bond motifs is 18. The second kappa shape index (κ2) is 17.1. The van der Waals surface area contributed by atoms with E-state index in [2.05, 4.69) is 5.32 Å². The van der Waals surface area contributed by atoms with Crippen molar-refractivity contribution in [3.63, 3.8) is 0 Å². The molecule has 1 aromatic carbocycles. The number of phenols is 1. The number of phenolic OH excluding ortho intramolecular Hbond substituents is 1. The Labute approximate surface area is 291 Å². The van der Waals surface area contributed by atoms with Crippen LogP contribution in [0.4, 0.5) is 0 Å². The molecule has 3 aliphatic rings. The van der Waals surface area contributed by atoms with Gasteiger partial charge in [-0.15, -0.1) is 0 Å². The summed E-state index contributed by atoms with van der Waals surface area (Å²) in [5, 5.41) is 56.2. The number of carbonyl (C=O) groups excluding carboxylic acids is 5. The molecule has 1 aromatic rings. The average Bonchev–Trinajstić information content (AvgIpc) is 3.07. The zero-order chi connectivity index (χ0) is 37.4. The standard InChI is InChI=1S/C39H45NO10/c1-20-11-9-7-8-10-12-30(44)40-33-37(48)27-18-25(6)36(47)32(31(27)38(49)39(33)50)35(46)24(5)17-23(4)34(45)22(3)14-16-26(41)15-13-21(2)29(43)19-28(20)42/h7-14,16-18,20,22-23,26,28,34,41-42,45,47-48H,15,19H2,1-6H3,(H,40,44)/b8-7-,11-9-,12-10?,16-14-,21-13-,24-17?/t20-,22-,23-,26-,28-,34-/m0/s1. The van der Waals surface area contributed by atoms with Gasteiger partial charge in [0.15, 0.2) is 17.3 Å². The topological polar surface area (TPSA) is 199 Å². The number of benzene rings is 1. The maximum atomic E-state index is 13.7. The van der Waals surface area contributed by atoms with Gasteiger partial charge in [0.05, 0.1) is 29.4 Å². The van der Waals surface area contributed by atoms with Crippen LogP contribution in [0, 0.1) is 24.7 Å². The lowest BCUT2D eigenvalue weighted by atomic mass is 9.82. The van der Waals surface area contributed by atoms with Gasteiger partial charge in [0.2, 0.25) is 11.7 Å². The van der Waals surface area contributed by atoms with Crippen molar-refractivity contribution < 1.29 is 49.5 Å². The van der Waals surface area contributed by atoms with Gasteiger partial charge in [-0.3, -0.25) is 24.0 Å². The number of allylic oxidation sites excluding steroid dienone is 7. The van der Waals surface area contributed by atoms with E-state index in [1.807, 2.05) is 0 Å². The molecular formula is C39H45NO10. The van der Waals surface area contributed by atoms with Gasteiger partial charge in [0, 0.05) is 35.8 Å². The van der Waals surface area contributed by atoms with Crippen LogP contribution >= 0.6 is 0 Å². The van der Waals surface area contributed by atoms with Gasteiger partial charge in [0.25, 0.3) is 5.78 Å². The number of aryl methyl sites for hydroxylation is 1. The van der Waals surface area contributed by atoms with E-state index < -0.39 is 87.7 Å². The van der Waals surface area contributed by atoms with Crippen molar-refractivity contribution in [2.45, 2.75) is 72.7 Å². The minimum Gasteiger partial charge on any atom is -0.507 e. The second-order valence-electron chi connectivity index (χ2n) is 12.9. The van der Waals surface area contributed by atoms with Crippen LogP contribution in [0.25, 0.3) is 5.76 Å². The lowest BCUT2D eigenvalue weighted by Crippen LogP contribution is -2.35. The third-order valence-electron chi connectivity index (χ3n) is 8.81. The number of amides is 1. The van der Waals surface area contributed by atoms with Gasteiger partial charge in [-0.05, 0) is 50.0 Å². The van der Waals surface area contributed by atoms with E-state index in [1.165, 1.54) is 44.2 Å². The molecular weight excluding hydrogens is 642 g/mol. The molecule has 2 aliphatic heterocycles. The lowest BCUT2D eigenvalue weighted by Gasteiger charge is -2.23. The minimum absolute atomic E-state index is 0.0421. The van der Waals surface area contributed by atoms with E-state index in [0.717, 1.165) is 6.08 Å². The van der Waals surface area contributed by atoms with Crippen LogP contribution in [0.3, 0.4) is 0 Å². The fourth-order valence-electron chi connectivity index (χ4n) is 5.53. The van der Waals surface area contributed by atoms with Crippen LogP contribution in [0.5, 0.6) is 5.75 Å². The van der Waals surface area contributed by atoms with Gasteiger partial charge >= 0.3 is 0 Å². The summed E-state index contributed by atoms with van der Waals surface area (Å²) in [6.45, 7) is 9.57. The Morgan fingerprint density at radius 2 is 1.38 bits per heavy atom. The Bertz CT molecular complexity index is 1770. The summed E-state index contributed by atoms with van der Waals surface area (Å²) < 4.78 is 0. The molecule has 4 bridgehead atoms. The molecule has 0 radical (unpaired) electrons. The molecule has 2 heterocycles. The second-order valence-corrected chi connectivity index (χ2v) is 12.9. The van der Waals surface area contributed by atoms with E-state index >= 15 is 0 Å². The van der Waals surface area contributed by atoms with E-state index in [-0.39, 0.29) is 35.3 Å². The molecule has 1 aliphatic carbocycles. The van der Waals surface area contributed by atoms with Crippen LogP contribution < -0.4 is 5.32 Å². The number of hydrogen-bond acceptors (Lipinski definition) is 10. The van der Waals surface area contributed by atoms with Crippen molar-refractivity contribution in [2.75, 3.05) is 0 Å². The van der Waals surface area contributed by atoms with Crippen LogP contribution in [-0.2, 0) is 14.4 Å². The van der Waals surface area contributed by atoms with Crippen molar-refractivity contribution in [3.05, 3.63) is 106 Å². The summed E-state index contributed by atoms with van der Waals surface area (Å²) in [5.74, 6) is -7.27. The SMILES string of the molecule is CC1=C[C@H](C)[C@@H](O)[C@@H](C)/C=C\[C@@H](O)C/C=C(/C)C(=O)C[C@H](O)[C@@H](C)/C=C\C=C/C=CC(=O)NC2=C(O)c3cc(C)c(O)c(c3C(=O)C2=O)C1=O. The summed E-state index contributed by atoms with van der Waals surface area (Å²) in [5.41, 5.74) is -1.36. The summed E-state index contributed by atoms with van der Waals surface area (Å²) in [6.07, 6.45) is 11.9. The molecule has 11 heteroatoms. The molecule has 6 atom stereocenters. The maximum absolute atomic E-state index is 13.7. The molecule has 50 heavy (non-hydrogen) atoms. The average molecular weight is 688 g/mol. The maximum Gasteiger partial charge on any atom is 0.253 e. The third kappa shape index (κ3) is 9.38. The molecule has 1 amide bonds. The van der Waals surface area contributed by atoms with Crippen LogP contribution in [0.15, 0.2) is 83.7 Å². The molecule has 0 saturated carbocycles. The van der Waals surface area contributed by atoms with Crippen molar-refractivity contribution in [3.8, 4) is 5.75 Å². The van der Waals surface area contributed by atoms with Gasteiger partial charge < -0.3 is 30.8 Å². The normalized spacial score (nSPS) is 29.7. The van der Waals surface area contributed by atoms with Gasteiger partial charge in [0.1, 0.15) is 11.4 Å². The highest BCUT2D eigenvalue weighted by molar-refractivity contribution is 6.53. The highest BCUT2D eigenvalue weighted by Gasteiger charge is 2.39. The Kier molecular flexibility index (Phi) is 13.5. The summed E-state index contributed by atoms with van der Waals surface area (Å²) >= 11 is 0. The fourth-order valence-corrected chi connectivity index (χ4v) is 5.53.